The maximum absolute atomic E-state index is 12.3. The summed E-state index contributed by atoms with van der Waals surface area (Å²) in [5, 5.41) is 0. The molecule has 7 heteroatoms. The number of piperidine rings is 1. The van der Waals surface area contributed by atoms with Crippen molar-refractivity contribution in [3.8, 4) is 0 Å². The lowest BCUT2D eigenvalue weighted by molar-refractivity contribution is -0.129. The minimum atomic E-state index is -1.15. The van der Waals surface area contributed by atoms with Gasteiger partial charge >= 0.3 is 6.03 Å². The van der Waals surface area contributed by atoms with E-state index in [0.29, 0.717) is 39.0 Å². The summed E-state index contributed by atoms with van der Waals surface area (Å²) >= 11 is 0. The van der Waals surface area contributed by atoms with Gasteiger partial charge in [-0.2, -0.15) is 0 Å². The smallest absolute Gasteiger partial charge is 0.319 e. The minimum Gasteiger partial charge on any atom is -0.328 e. The number of rotatable bonds is 2. The Kier molecular flexibility index (Phi) is 4.36. The van der Waals surface area contributed by atoms with Crippen LogP contribution in [0.2, 0.25) is 0 Å². The van der Waals surface area contributed by atoms with Gasteiger partial charge in [0, 0.05) is 46.1 Å². The van der Waals surface area contributed by atoms with Gasteiger partial charge in [0.1, 0.15) is 10.6 Å². The lowest BCUT2D eigenvalue weighted by Gasteiger charge is -2.43. The molecule has 2 aliphatic heterocycles. The molecule has 2 aliphatic rings. The second-order valence-corrected chi connectivity index (χ2v) is 7.07. The number of hydrogen-bond donors (Lipinski definition) is 0. The molecule has 20 heavy (non-hydrogen) atoms. The lowest BCUT2D eigenvalue weighted by atomic mass is 10.0. The van der Waals surface area contributed by atoms with Crippen molar-refractivity contribution in [2.45, 2.75) is 31.6 Å². The molecule has 2 heterocycles. The number of carbonyl (C=O) groups is 2. The molecule has 2 rings (SSSR count). The summed E-state index contributed by atoms with van der Waals surface area (Å²) in [6, 6.07) is 0.0441. The Labute approximate surface area is 122 Å². The molecule has 0 radical (unpaired) electrons. The van der Waals surface area contributed by atoms with Crippen LogP contribution < -0.4 is 0 Å². The van der Waals surface area contributed by atoms with Gasteiger partial charge in [0.25, 0.3) is 0 Å². The Hall–Kier alpha value is -1.11. The Morgan fingerprint density at radius 2 is 1.85 bits per heavy atom. The highest BCUT2D eigenvalue weighted by Crippen LogP contribution is 2.36. The molecule has 3 amide bonds. The summed E-state index contributed by atoms with van der Waals surface area (Å²) in [6.45, 7) is 6.45. The predicted molar refractivity (Wildman–Crippen MR) is 77.6 cm³/mol. The largest absolute Gasteiger partial charge is 0.328 e. The molecular formula is C13H23N3O3S. The van der Waals surface area contributed by atoms with Crippen molar-refractivity contribution >= 4 is 22.7 Å². The first-order valence-electron chi connectivity index (χ1n) is 7.15. The van der Waals surface area contributed by atoms with Crippen LogP contribution >= 0.6 is 0 Å². The average molecular weight is 301 g/mol. The van der Waals surface area contributed by atoms with Crippen LogP contribution in [-0.4, -0.2) is 74.7 Å². The Morgan fingerprint density at radius 1 is 1.30 bits per heavy atom. The van der Waals surface area contributed by atoms with E-state index in [1.54, 1.807) is 16.8 Å². The van der Waals surface area contributed by atoms with Crippen molar-refractivity contribution in [3.05, 3.63) is 0 Å². The second-order valence-electron chi connectivity index (χ2n) is 5.33. The number of likely N-dealkylation sites (tertiary alicyclic amines) is 1. The molecule has 6 nitrogen and oxygen atoms in total. The molecule has 1 unspecified atom stereocenters. The summed E-state index contributed by atoms with van der Waals surface area (Å²) in [5.74, 6) is 0.0763. The van der Waals surface area contributed by atoms with Gasteiger partial charge in [0.15, 0.2) is 0 Å². The maximum Gasteiger partial charge on any atom is 0.319 e. The van der Waals surface area contributed by atoms with Crippen LogP contribution in [-0.2, 0) is 15.6 Å². The van der Waals surface area contributed by atoms with E-state index in [1.807, 2.05) is 18.7 Å². The van der Waals surface area contributed by atoms with E-state index < -0.39 is 15.7 Å². The number of hydrogen-bond acceptors (Lipinski definition) is 3. The molecule has 0 saturated carbocycles. The fourth-order valence-corrected chi connectivity index (χ4v) is 4.76. The number of amides is 3. The van der Waals surface area contributed by atoms with Gasteiger partial charge in [-0.1, -0.05) is 0 Å². The standard InChI is InChI=1S/C13H23N3O3S/c1-4-15(5-2)12(18)16-8-6-13(7-9-16)14(3)11(17)10-20(13)19/h4-10H2,1-3H3. The van der Waals surface area contributed by atoms with E-state index in [1.165, 1.54) is 0 Å². The third kappa shape index (κ3) is 2.32. The van der Waals surface area contributed by atoms with Crippen LogP contribution in [0.4, 0.5) is 4.79 Å². The summed E-state index contributed by atoms with van der Waals surface area (Å²) in [7, 11) is 0.586. The second kappa shape index (κ2) is 5.71. The first kappa shape index (κ1) is 15.3. The van der Waals surface area contributed by atoms with Crippen molar-refractivity contribution in [1.82, 2.24) is 14.7 Å². The van der Waals surface area contributed by atoms with Crippen LogP contribution in [0.15, 0.2) is 0 Å². The van der Waals surface area contributed by atoms with E-state index in [2.05, 4.69) is 0 Å². The van der Waals surface area contributed by atoms with Crippen molar-refractivity contribution in [2.24, 2.45) is 0 Å². The highest BCUT2D eigenvalue weighted by molar-refractivity contribution is 7.87. The molecule has 114 valence electrons. The fraction of sp³-hybridized carbons (Fsp3) is 0.846. The van der Waals surface area contributed by atoms with Crippen LogP contribution in [0.25, 0.3) is 0 Å². The SMILES string of the molecule is CCN(CC)C(=O)N1CCC2(CC1)N(C)C(=O)CS2=O. The van der Waals surface area contributed by atoms with Crippen molar-refractivity contribution in [2.75, 3.05) is 39.0 Å². The molecule has 0 bridgehead atoms. The Balaban J connectivity index is 2.04. The normalized spacial score (nSPS) is 25.4. The zero-order valence-electron chi connectivity index (χ0n) is 12.4. The summed E-state index contributed by atoms with van der Waals surface area (Å²) in [4.78, 5) is 28.7. The van der Waals surface area contributed by atoms with Crippen LogP contribution in [0.3, 0.4) is 0 Å². The van der Waals surface area contributed by atoms with Gasteiger partial charge in [0.2, 0.25) is 5.91 Å². The molecule has 0 N–H and O–H groups in total. The summed E-state index contributed by atoms with van der Waals surface area (Å²) < 4.78 is 12.2. The molecular weight excluding hydrogens is 278 g/mol. The molecule has 0 aromatic carbocycles. The van der Waals surface area contributed by atoms with E-state index in [9.17, 15) is 13.8 Å². The third-order valence-corrected chi connectivity index (χ3v) is 6.55. The van der Waals surface area contributed by atoms with Crippen molar-refractivity contribution < 1.29 is 13.8 Å². The highest BCUT2D eigenvalue weighted by Gasteiger charge is 2.51. The van der Waals surface area contributed by atoms with Gasteiger partial charge in [-0.15, -0.1) is 0 Å². The van der Waals surface area contributed by atoms with E-state index in [4.69, 9.17) is 0 Å². The maximum atomic E-state index is 12.3. The quantitative estimate of drug-likeness (QED) is 0.744. The number of nitrogens with zero attached hydrogens (tertiary/aromatic N) is 3. The lowest BCUT2D eigenvalue weighted by Crippen LogP contribution is -2.56. The van der Waals surface area contributed by atoms with Gasteiger partial charge in [-0.05, 0) is 13.8 Å². The van der Waals surface area contributed by atoms with Crippen molar-refractivity contribution in [1.29, 1.82) is 0 Å². The van der Waals surface area contributed by atoms with Crippen molar-refractivity contribution in [3.63, 3.8) is 0 Å². The molecule has 0 aromatic rings. The minimum absolute atomic E-state index is 0.0441. The van der Waals surface area contributed by atoms with Crippen LogP contribution in [0, 0.1) is 0 Å². The Bertz CT molecular complexity index is 429. The van der Waals surface area contributed by atoms with Gasteiger partial charge < -0.3 is 14.7 Å². The monoisotopic (exact) mass is 301 g/mol. The molecule has 1 spiro atoms. The van der Waals surface area contributed by atoms with E-state index in [-0.39, 0.29) is 17.7 Å². The molecule has 2 saturated heterocycles. The zero-order chi connectivity index (χ0) is 14.9. The topological polar surface area (TPSA) is 60.9 Å². The zero-order valence-corrected chi connectivity index (χ0v) is 13.2. The third-order valence-electron chi connectivity index (χ3n) is 4.51. The molecule has 0 aromatic heterocycles. The van der Waals surface area contributed by atoms with Crippen LogP contribution in [0.5, 0.6) is 0 Å². The van der Waals surface area contributed by atoms with Gasteiger partial charge in [-0.3, -0.25) is 9.00 Å². The number of carbonyl (C=O) groups excluding carboxylic acids is 2. The summed E-state index contributed by atoms with van der Waals surface area (Å²) in [6.07, 6.45) is 1.21. The molecule has 2 fully saturated rings. The van der Waals surface area contributed by atoms with Gasteiger partial charge in [-0.25, -0.2) is 4.79 Å². The molecule has 0 aliphatic carbocycles. The predicted octanol–water partition coefficient (Wildman–Crippen LogP) is 0.461. The van der Waals surface area contributed by atoms with Crippen LogP contribution in [0.1, 0.15) is 26.7 Å². The highest BCUT2D eigenvalue weighted by atomic mass is 32.2. The average Bonchev–Trinajstić information content (AvgIpc) is 2.65. The summed E-state index contributed by atoms with van der Waals surface area (Å²) in [5.41, 5.74) is 0. The van der Waals surface area contributed by atoms with E-state index in [0.717, 1.165) is 0 Å². The van der Waals surface area contributed by atoms with E-state index >= 15 is 0 Å². The Morgan fingerprint density at radius 3 is 2.25 bits per heavy atom. The fourth-order valence-electron chi connectivity index (χ4n) is 3.03. The first-order valence-corrected chi connectivity index (χ1v) is 8.47. The molecule has 1 atom stereocenters. The van der Waals surface area contributed by atoms with Gasteiger partial charge in [0.05, 0.1) is 10.8 Å². The first-order chi connectivity index (χ1) is 9.46. The number of urea groups is 1.